The van der Waals surface area contributed by atoms with Crippen molar-refractivity contribution in [1.82, 2.24) is 4.98 Å². The van der Waals surface area contributed by atoms with Gasteiger partial charge in [-0.15, -0.1) is 0 Å². The Bertz CT molecular complexity index is 1070. The third-order valence-corrected chi connectivity index (χ3v) is 4.56. The average Bonchev–Trinajstić information content (AvgIpc) is 3.13. The van der Waals surface area contributed by atoms with E-state index in [2.05, 4.69) is 16.4 Å². The standard InChI is InChI=1S/C23H23N3O4S/c1-14(2)28-19-9-17(10-20(11-19)29-15(3)4)22(27)26-23-25-13-21(31-23)30-18-7-5-6-16(8-18)12-24/h5-11,13-15H,1-4H3,(H,25,26,27). The molecule has 0 radical (unpaired) electrons. The van der Waals surface area contributed by atoms with Crippen molar-refractivity contribution in [3.05, 3.63) is 59.8 Å². The molecule has 1 heterocycles. The van der Waals surface area contributed by atoms with Crippen molar-refractivity contribution >= 4 is 22.4 Å². The Morgan fingerprint density at radius 3 is 2.32 bits per heavy atom. The molecule has 3 aromatic rings. The summed E-state index contributed by atoms with van der Waals surface area (Å²) in [6.45, 7) is 7.66. The molecule has 3 rings (SSSR count). The van der Waals surface area contributed by atoms with Gasteiger partial charge in [0, 0.05) is 11.6 Å². The topological polar surface area (TPSA) is 93.5 Å². The van der Waals surface area contributed by atoms with E-state index in [1.54, 1.807) is 42.5 Å². The van der Waals surface area contributed by atoms with Gasteiger partial charge in [-0.1, -0.05) is 17.4 Å². The van der Waals surface area contributed by atoms with Gasteiger partial charge in [-0.2, -0.15) is 5.26 Å². The van der Waals surface area contributed by atoms with Gasteiger partial charge in [-0.3, -0.25) is 10.1 Å². The lowest BCUT2D eigenvalue weighted by atomic mass is 10.2. The quantitative estimate of drug-likeness (QED) is 0.491. The van der Waals surface area contributed by atoms with Crippen molar-refractivity contribution in [3.8, 4) is 28.4 Å². The number of ether oxygens (including phenoxy) is 3. The lowest BCUT2D eigenvalue weighted by Gasteiger charge is -2.15. The number of hydrogen-bond donors (Lipinski definition) is 1. The molecule has 1 aromatic heterocycles. The first-order valence-corrected chi connectivity index (χ1v) is 10.6. The summed E-state index contributed by atoms with van der Waals surface area (Å²) < 4.78 is 17.2. The molecule has 0 spiro atoms. The van der Waals surface area contributed by atoms with Crippen LogP contribution in [0, 0.1) is 11.3 Å². The minimum Gasteiger partial charge on any atom is -0.491 e. The smallest absolute Gasteiger partial charge is 0.257 e. The fraction of sp³-hybridized carbons (Fsp3) is 0.261. The predicted molar refractivity (Wildman–Crippen MR) is 119 cm³/mol. The van der Waals surface area contributed by atoms with E-state index in [9.17, 15) is 4.79 Å². The van der Waals surface area contributed by atoms with E-state index in [-0.39, 0.29) is 18.1 Å². The molecule has 2 aromatic carbocycles. The van der Waals surface area contributed by atoms with Crippen molar-refractivity contribution in [2.45, 2.75) is 39.9 Å². The summed E-state index contributed by atoms with van der Waals surface area (Å²) in [5, 5.41) is 12.6. The van der Waals surface area contributed by atoms with Gasteiger partial charge in [-0.25, -0.2) is 4.98 Å². The fourth-order valence-electron chi connectivity index (χ4n) is 2.66. The van der Waals surface area contributed by atoms with Crippen molar-refractivity contribution < 1.29 is 19.0 Å². The van der Waals surface area contributed by atoms with E-state index < -0.39 is 0 Å². The Morgan fingerprint density at radius 2 is 1.71 bits per heavy atom. The highest BCUT2D eigenvalue weighted by Gasteiger charge is 2.14. The second kappa shape index (κ2) is 9.96. The summed E-state index contributed by atoms with van der Waals surface area (Å²) in [4.78, 5) is 17.0. The fourth-order valence-corrected chi connectivity index (χ4v) is 3.35. The molecule has 0 aliphatic carbocycles. The lowest BCUT2D eigenvalue weighted by molar-refractivity contribution is 0.102. The van der Waals surface area contributed by atoms with Crippen LogP contribution >= 0.6 is 11.3 Å². The van der Waals surface area contributed by atoms with E-state index in [0.717, 1.165) is 0 Å². The molecular formula is C23H23N3O4S. The van der Waals surface area contributed by atoms with Crippen molar-refractivity contribution in [3.63, 3.8) is 0 Å². The largest absolute Gasteiger partial charge is 0.491 e. The zero-order valence-electron chi connectivity index (χ0n) is 17.7. The van der Waals surface area contributed by atoms with Crippen LogP contribution in [-0.2, 0) is 0 Å². The van der Waals surface area contributed by atoms with Crippen molar-refractivity contribution in [2.75, 3.05) is 5.32 Å². The van der Waals surface area contributed by atoms with Crippen LogP contribution in [0.4, 0.5) is 5.13 Å². The number of thiazole rings is 1. The van der Waals surface area contributed by atoms with Crippen LogP contribution in [0.2, 0.25) is 0 Å². The zero-order chi connectivity index (χ0) is 22.4. The number of benzene rings is 2. The number of hydrogen-bond acceptors (Lipinski definition) is 7. The molecule has 0 saturated carbocycles. The maximum Gasteiger partial charge on any atom is 0.257 e. The van der Waals surface area contributed by atoms with Gasteiger partial charge < -0.3 is 14.2 Å². The molecule has 7 nitrogen and oxygen atoms in total. The van der Waals surface area contributed by atoms with Crippen LogP contribution in [0.15, 0.2) is 48.7 Å². The van der Waals surface area contributed by atoms with Gasteiger partial charge >= 0.3 is 0 Å². The summed E-state index contributed by atoms with van der Waals surface area (Å²) in [6, 6.07) is 14.0. The molecule has 31 heavy (non-hydrogen) atoms. The summed E-state index contributed by atoms with van der Waals surface area (Å²) in [5.74, 6) is 1.29. The Labute approximate surface area is 185 Å². The molecular weight excluding hydrogens is 414 g/mol. The number of carbonyl (C=O) groups excluding carboxylic acids is 1. The van der Waals surface area contributed by atoms with Crippen LogP contribution in [0.3, 0.4) is 0 Å². The van der Waals surface area contributed by atoms with Crippen LogP contribution in [-0.4, -0.2) is 23.1 Å². The molecule has 1 amide bonds. The number of nitriles is 1. The Morgan fingerprint density at radius 1 is 1.03 bits per heavy atom. The first kappa shape index (κ1) is 22.1. The first-order chi connectivity index (χ1) is 14.8. The van der Waals surface area contributed by atoms with E-state index in [0.29, 0.717) is 38.6 Å². The number of aromatic nitrogens is 1. The summed E-state index contributed by atoms with van der Waals surface area (Å²) in [7, 11) is 0. The molecule has 8 heteroatoms. The molecule has 0 fully saturated rings. The maximum absolute atomic E-state index is 12.8. The van der Waals surface area contributed by atoms with E-state index in [4.69, 9.17) is 19.5 Å². The zero-order valence-corrected chi connectivity index (χ0v) is 18.5. The van der Waals surface area contributed by atoms with Crippen LogP contribution in [0.25, 0.3) is 0 Å². The maximum atomic E-state index is 12.8. The Balaban J connectivity index is 1.74. The number of nitrogens with one attached hydrogen (secondary N) is 1. The third kappa shape index (κ3) is 6.46. The van der Waals surface area contributed by atoms with Crippen molar-refractivity contribution in [1.29, 1.82) is 5.26 Å². The molecule has 1 N–H and O–H groups in total. The molecule has 0 atom stereocenters. The molecule has 0 saturated heterocycles. The molecule has 0 bridgehead atoms. The van der Waals surface area contributed by atoms with Gasteiger partial charge in [0.15, 0.2) is 5.13 Å². The average molecular weight is 438 g/mol. The van der Waals surface area contributed by atoms with Gasteiger partial charge in [0.25, 0.3) is 5.91 Å². The highest BCUT2D eigenvalue weighted by Crippen LogP contribution is 2.31. The lowest BCUT2D eigenvalue weighted by Crippen LogP contribution is -2.14. The Kier molecular flexibility index (Phi) is 7.11. The minimum absolute atomic E-state index is 0.0385. The minimum atomic E-state index is -0.338. The van der Waals surface area contributed by atoms with Gasteiger partial charge in [0.05, 0.1) is 30.0 Å². The highest BCUT2D eigenvalue weighted by molar-refractivity contribution is 7.17. The molecule has 0 unspecified atom stereocenters. The summed E-state index contributed by atoms with van der Waals surface area (Å²) >= 11 is 1.18. The van der Waals surface area contributed by atoms with Crippen molar-refractivity contribution in [2.24, 2.45) is 0 Å². The third-order valence-electron chi connectivity index (χ3n) is 3.77. The molecule has 0 aliphatic rings. The number of nitrogens with zero attached hydrogens (tertiary/aromatic N) is 2. The number of amides is 1. The number of carbonyl (C=O) groups is 1. The number of anilines is 1. The first-order valence-electron chi connectivity index (χ1n) is 9.76. The SMILES string of the molecule is CC(C)Oc1cc(OC(C)C)cc(C(=O)Nc2ncc(Oc3cccc(C#N)c3)s2)c1. The van der Waals surface area contributed by atoms with Gasteiger partial charge in [0.2, 0.25) is 5.06 Å². The second-order valence-corrected chi connectivity index (χ2v) is 8.20. The Hall–Kier alpha value is -3.57. The monoisotopic (exact) mass is 437 g/mol. The molecule has 160 valence electrons. The second-order valence-electron chi connectivity index (χ2n) is 7.21. The van der Waals surface area contributed by atoms with Gasteiger partial charge in [-0.05, 0) is 58.0 Å². The van der Waals surface area contributed by atoms with E-state index in [1.165, 1.54) is 17.5 Å². The summed E-state index contributed by atoms with van der Waals surface area (Å²) in [5.41, 5.74) is 0.895. The normalized spacial score (nSPS) is 10.6. The van der Waals surface area contributed by atoms with Crippen LogP contribution in [0.5, 0.6) is 22.3 Å². The predicted octanol–water partition coefficient (Wildman–Crippen LogP) is 5.63. The van der Waals surface area contributed by atoms with Crippen LogP contribution in [0.1, 0.15) is 43.6 Å². The number of rotatable bonds is 8. The van der Waals surface area contributed by atoms with Gasteiger partial charge in [0.1, 0.15) is 17.2 Å². The molecule has 0 aliphatic heterocycles. The summed E-state index contributed by atoms with van der Waals surface area (Å²) in [6.07, 6.45) is 1.44. The van der Waals surface area contributed by atoms with E-state index >= 15 is 0 Å². The van der Waals surface area contributed by atoms with Crippen LogP contribution < -0.4 is 19.5 Å². The van der Waals surface area contributed by atoms with E-state index in [1.807, 2.05) is 27.7 Å². The highest BCUT2D eigenvalue weighted by atomic mass is 32.1.